The summed E-state index contributed by atoms with van der Waals surface area (Å²) in [7, 11) is 1.12. The summed E-state index contributed by atoms with van der Waals surface area (Å²) in [6, 6.07) is 0. The summed E-state index contributed by atoms with van der Waals surface area (Å²) in [6.45, 7) is 4.03. The fraction of sp³-hybridized carbons (Fsp3) is 0.720. The number of carbonyl (C=O) groups excluding carboxylic acids is 2. The van der Waals surface area contributed by atoms with Gasteiger partial charge in [-0.05, 0) is 51.4 Å². The largest absolute Gasteiger partial charge is 0.756 e. The molecule has 0 aliphatic carbocycles. The fourth-order valence-electron chi connectivity index (χ4n) is 6.09. The molecule has 0 saturated carbocycles. The molecule has 0 fully saturated rings. The molecule has 60 heavy (non-hydrogen) atoms. The zero-order valence-corrected chi connectivity index (χ0v) is 39.8. The highest BCUT2D eigenvalue weighted by Gasteiger charge is 2.21. The number of quaternary nitrogens is 1. The number of hydrogen-bond donors (Lipinski definition) is 0. The minimum absolute atomic E-state index is 0.0440. The third kappa shape index (κ3) is 45.0. The Bertz CT molecular complexity index is 1250. The van der Waals surface area contributed by atoms with Crippen LogP contribution in [0.3, 0.4) is 0 Å². The first-order valence-electron chi connectivity index (χ1n) is 23.6. The van der Waals surface area contributed by atoms with Crippen molar-refractivity contribution in [2.24, 2.45) is 0 Å². The van der Waals surface area contributed by atoms with Crippen LogP contribution in [0.4, 0.5) is 0 Å². The molecule has 2 atom stereocenters. The summed E-state index contributed by atoms with van der Waals surface area (Å²) < 4.78 is 33.9. The van der Waals surface area contributed by atoms with E-state index in [0.717, 1.165) is 57.8 Å². The van der Waals surface area contributed by atoms with E-state index < -0.39 is 32.5 Å². The van der Waals surface area contributed by atoms with E-state index in [9.17, 15) is 19.0 Å². The Labute approximate surface area is 368 Å². The highest BCUT2D eigenvalue weighted by Crippen LogP contribution is 2.38. The van der Waals surface area contributed by atoms with Crippen molar-refractivity contribution in [2.45, 2.75) is 187 Å². The number of nitrogens with zero attached hydrogens (tertiary/aromatic N) is 1. The van der Waals surface area contributed by atoms with Crippen LogP contribution in [0.25, 0.3) is 0 Å². The van der Waals surface area contributed by atoms with Gasteiger partial charge in [-0.15, -0.1) is 0 Å². The lowest BCUT2D eigenvalue weighted by atomic mass is 10.0. The maximum Gasteiger partial charge on any atom is 0.306 e. The zero-order valence-electron chi connectivity index (χ0n) is 38.9. The average molecular weight is 862 g/mol. The number of carbonyl (C=O) groups is 2. The summed E-state index contributed by atoms with van der Waals surface area (Å²) in [4.78, 5) is 37.6. The molecule has 0 amide bonds. The van der Waals surface area contributed by atoms with Crippen molar-refractivity contribution in [2.75, 3.05) is 47.5 Å². The topological polar surface area (TPSA) is 111 Å². The van der Waals surface area contributed by atoms with Crippen molar-refractivity contribution in [1.29, 1.82) is 0 Å². The Morgan fingerprint density at radius 2 is 0.950 bits per heavy atom. The van der Waals surface area contributed by atoms with E-state index in [1.165, 1.54) is 83.5 Å². The molecule has 0 radical (unpaired) electrons. The van der Waals surface area contributed by atoms with E-state index in [2.05, 4.69) is 74.6 Å². The molecule has 0 aliphatic heterocycles. The van der Waals surface area contributed by atoms with Crippen LogP contribution in [-0.2, 0) is 32.7 Å². The van der Waals surface area contributed by atoms with Crippen molar-refractivity contribution < 1.29 is 42.1 Å². The second-order valence-electron chi connectivity index (χ2n) is 16.7. The van der Waals surface area contributed by atoms with Crippen LogP contribution in [-0.4, -0.2) is 70.0 Å². The number of rotatable bonds is 42. The number of phosphoric acid groups is 1. The van der Waals surface area contributed by atoms with Crippen molar-refractivity contribution in [1.82, 2.24) is 0 Å². The molecule has 0 N–H and O–H groups in total. The summed E-state index contributed by atoms with van der Waals surface area (Å²) in [5.74, 6) is -0.932. The summed E-state index contributed by atoms with van der Waals surface area (Å²) in [5.41, 5.74) is 0. The van der Waals surface area contributed by atoms with Gasteiger partial charge in [-0.25, -0.2) is 0 Å². The lowest BCUT2D eigenvalue weighted by Crippen LogP contribution is -2.37. The van der Waals surface area contributed by atoms with Gasteiger partial charge in [-0.1, -0.05) is 189 Å². The monoisotopic (exact) mass is 862 g/mol. The Morgan fingerprint density at radius 3 is 1.38 bits per heavy atom. The molecule has 0 aliphatic rings. The molecule has 0 aromatic carbocycles. The first-order valence-corrected chi connectivity index (χ1v) is 25.1. The first kappa shape index (κ1) is 57.4. The lowest BCUT2D eigenvalue weighted by Gasteiger charge is -2.28. The second kappa shape index (κ2) is 41.8. The molecule has 1 unspecified atom stereocenters. The van der Waals surface area contributed by atoms with E-state index in [0.29, 0.717) is 23.9 Å². The van der Waals surface area contributed by atoms with E-state index in [1.807, 2.05) is 33.3 Å². The lowest BCUT2D eigenvalue weighted by molar-refractivity contribution is -0.870. The van der Waals surface area contributed by atoms with Crippen LogP contribution in [0.1, 0.15) is 181 Å². The van der Waals surface area contributed by atoms with Gasteiger partial charge < -0.3 is 27.9 Å². The summed E-state index contributed by atoms with van der Waals surface area (Å²) >= 11 is 0. The smallest absolute Gasteiger partial charge is 0.306 e. The quantitative estimate of drug-likeness (QED) is 0.0196. The Morgan fingerprint density at radius 1 is 0.533 bits per heavy atom. The predicted octanol–water partition coefficient (Wildman–Crippen LogP) is 13.2. The SMILES string of the molecule is CC/C=C/C/C=C/C/C=C/C/C=C/C/C=C/C/C=C/CCC(=O)OC[C@H](COP(=O)([O-])OCC[N+](C)(C)C)OC(=O)CCCCCCCCCCCCCCCCCCC. The Hall–Kier alpha value is -2.55. The van der Waals surface area contributed by atoms with E-state index >= 15 is 0 Å². The molecule has 0 saturated heterocycles. The van der Waals surface area contributed by atoms with Gasteiger partial charge in [0.15, 0.2) is 6.10 Å². The van der Waals surface area contributed by atoms with Gasteiger partial charge in [0, 0.05) is 12.8 Å². The number of likely N-dealkylation sites (N-methyl/N-ethyl adjacent to an activating group) is 1. The molecule has 0 bridgehead atoms. The van der Waals surface area contributed by atoms with Crippen LogP contribution in [0.5, 0.6) is 0 Å². The third-order valence-corrected chi connectivity index (χ3v) is 10.7. The van der Waals surface area contributed by atoms with E-state index in [4.69, 9.17) is 18.5 Å². The molecule has 10 heteroatoms. The number of esters is 2. The van der Waals surface area contributed by atoms with Gasteiger partial charge in [0.2, 0.25) is 0 Å². The normalized spacial score (nSPS) is 14.2. The highest BCUT2D eigenvalue weighted by molar-refractivity contribution is 7.45. The van der Waals surface area contributed by atoms with Gasteiger partial charge in [-0.2, -0.15) is 0 Å². The summed E-state index contributed by atoms with van der Waals surface area (Å²) in [6.07, 6.45) is 52.3. The predicted molar refractivity (Wildman–Crippen MR) is 249 cm³/mol. The number of hydrogen-bond acceptors (Lipinski definition) is 8. The Balaban J connectivity index is 4.43. The number of unbranched alkanes of at least 4 members (excludes halogenated alkanes) is 16. The van der Waals surface area contributed by atoms with Crippen LogP contribution in [0.2, 0.25) is 0 Å². The average Bonchev–Trinajstić information content (AvgIpc) is 3.20. The highest BCUT2D eigenvalue weighted by atomic mass is 31.2. The van der Waals surface area contributed by atoms with Gasteiger partial charge in [0.25, 0.3) is 7.82 Å². The molecular formula is C50H88NO8P. The van der Waals surface area contributed by atoms with Crippen molar-refractivity contribution in [3.63, 3.8) is 0 Å². The first-order chi connectivity index (χ1) is 29.0. The van der Waals surface area contributed by atoms with Crippen LogP contribution in [0, 0.1) is 0 Å². The van der Waals surface area contributed by atoms with Crippen molar-refractivity contribution in [3.8, 4) is 0 Å². The molecule has 0 heterocycles. The molecule has 0 spiro atoms. The Kier molecular flexibility index (Phi) is 40.0. The van der Waals surface area contributed by atoms with E-state index in [1.54, 1.807) is 0 Å². The van der Waals surface area contributed by atoms with Crippen LogP contribution >= 0.6 is 7.82 Å². The minimum atomic E-state index is -4.65. The standard InChI is InChI=1S/C50H88NO8P/c1-6-8-10-12-14-16-18-20-22-24-25-27-28-30-32-34-36-38-40-42-49(52)56-46-48(47-58-60(54,55)57-45-44-51(3,4)5)59-50(53)43-41-39-37-35-33-31-29-26-23-21-19-17-15-13-11-9-7-2/h8,10,14,16,20,22,25,27,30,32,36,38,48H,6-7,9,11-13,15,17-19,21,23-24,26,28-29,31,33-35,37,39-47H2,1-5H3/b10-8+,16-14+,22-20+,27-25+,32-30+,38-36+/t48-/m1/s1. The zero-order chi connectivity index (χ0) is 44.3. The third-order valence-electron chi connectivity index (χ3n) is 9.75. The molecule has 346 valence electrons. The van der Waals surface area contributed by atoms with Crippen LogP contribution in [0.15, 0.2) is 72.9 Å². The number of allylic oxidation sites excluding steroid dienone is 12. The fourth-order valence-corrected chi connectivity index (χ4v) is 6.82. The molecule has 0 aromatic rings. The van der Waals surface area contributed by atoms with Gasteiger partial charge in [0.1, 0.15) is 19.8 Å². The maximum absolute atomic E-state index is 12.7. The molecule has 0 rings (SSSR count). The number of ether oxygens (including phenoxy) is 2. The van der Waals surface area contributed by atoms with Gasteiger partial charge in [-0.3, -0.25) is 14.2 Å². The van der Waals surface area contributed by atoms with Gasteiger partial charge in [0.05, 0.1) is 27.7 Å². The molecular weight excluding hydrogens is 774 g/mol. The van der Waals surface area contributed by atoms with Gasteiger partial charge >= 0.3 is 11.9 Å². The molecule has 9 nitrogen and oxygen atoms in total. The second-order valence-corrected chi connectivity index (χ2v) is 18.2. The van der Waals surface area contributed by atoms with Crippen molar-refractivity contribution in [3.05, 3.63) is 72.9 Å². The van der Waals surface area contributed by atoms with Crippen LogP contribution < -0.4 is 4.89 Å². The van der Waals surface area contributed by atoms with E-state index in [-0.39, 0.29) is 26.1 Å². The van der Waals surface area contributed by atoms with Crippen molar-refractivity contribution >= 4 is 19.8 Å². The minimum Gasteiger partial charge on any atom is -0.756 e. The maximum atomic E-state index is 12.7. The molecule has 0 aromatic heterocycles. The summed E-state index contributed by atoms with van der Waals surface area (Å²) in [5, 5.41) is 0. The number of phosphoric ester groups is 1.